The second kappa shape index (κ2) is 6.90. The number of carbonyl (C=O) groups excluding carboxylic acids is 1. The van der Waals surface area contributed by atoms with E-state index in [1.54, 1.807) is 17.8 Å². The summed E-state index contributed by atoms with van der Waals surface area (Å²) in [6.45, 7) is 2.06. The lowest BCUT2D eigenvalue weighted by atomic mass is 9.90. The molecule has 1 aliphatic rings. The summed E-state index contributed by atoms with van der Waals surface area (Å²) in [7, 11) is 0. The van der Waals surface area contributed by atoms with E-state index < -0.39 is 0 Å². The van der Waals surface area contributed by atoms with Crippen molar-refractivity contribution in [3.05, 3.63) is 68.7 Å². The van der Waals surface area contributed by atoms with E-state index in [0.29, 0.717) is 15.1 Å². The lowest BCUT2D eigenvalue weighted by Crippen LogP contribution is -2.11. The first kappa shape index (κ1) is 16.9. The van der Waals surface area contributed by atoms with Crippen LogP contribution in [0.2, 0.25) is 15.1 Å². The van der Waals surface area contributed by atoms with Crippen molar-refractivity contribution in [2.24, 2.45) is 5.92 Å². The molecule has 23 heavy (non-hydrogen) atoms. The quantitative estimate of drug-likeness (QED) is 0.565. The molecule has 0 saturated heterocycles. The molecule has 2 unspecified atom stereocenters. The number of hydrogen-bond acceptors (Lipinski definition) is 2. The minimum Gasteiger partial charge on any atom is -0.302 e. The first-order valence-corrected chi connectivity index (χ1v) is 9.10. The highest BCUT2D eigenvalue weighted by Gasteiger charge is 2.34. The van der Waals surface area contributed by atoms with E-state index in [9.17, 15) is 4.79 Å². The third-order valence-corrected chi connectivity index (χ3v) is 6.18. The molecule has 1 nitrogen and oxygen atoms in total. The Labute approximate surface area is 154 Å². The van der Waals surface area contributed by atoms with Gasteiger partial charge in [0.05, 0.1) is 10.3 Å². The maximum atomic E-state index is 11.4. The van der Waals surface area contributed by atoms with E-state index in [1.807, 2.05) is 36.4 Å². The van der Waals surface area contributed by atoms with Crippen LogP contribution >= 0.6 is 46.6 Å². The van der Waals surface area contributed by atoms with Crippen LogP contribution in [0.25, 0.3) is 10.5 Å². The van der Waals surface area contributed by atoms with Crippen LogP contribution in [0.4, 0.5) is 0 Å². The van der Waals surface area contributed by atoms with Crippen molar-refractivity contribution in [1.29, 1.82) is 0 Å². The number of halogens is 3. The number of benzene rings is 2. The topological polar surface area (TPSA) is 17.1 Å². The fourth-order valence-electron chi connectivity index (χ4n) is 2.72. The summed E-state index contributed by atoms with van der Waals surface area (Å²) in [4.78, 5) is 12.5. The summed E-state index contributed by atoms with van der Waals surface area (Å²) in [6, 6.07) is 13.1. The van der Waals surface area contributed by atoms with Gasteiger partial charge in [0, 0.05) is 26.4 Å². The molecular formula is C18H13Cl3OS. The van der Waals surface area contributed by atoms with Gasteiger partial charge in [-0.2, -0.15) is 0 Å². The van der Waals surface area contributed by atoms with E-state index in [0.717, 1.165) is 27.9 Å². The molecule has 3 rings (SSSR count). The van der Waals surface area contributed by atoms with Gasteiger partial charge in [-0.3, -0.25) is 0 Å². The van der Waals surface area contributed by atoms with E-state index in [4.69, 9.17) is 34.8 Å². The lowest BCUT2D eigenvalue weighted by Gasteiger charge is -2.13. The number of aldehydes is 1. The van der Waals surface area contributed by atoms with Gasteiger partial charge in [-0.05, 0) is 35.4 Å². The van der Waals surface area contributed by atoms with E-state index >= 15 is 0 Å². The minimum absolute atomic E-state index is 0.0976. The average molecular weight is 384 g/mol. The van der Waals surface area contributed by atoms with Gasteiger partial charge in [-0.15, -0.1) is 11.8 Å². The Kier molecular flexibility index (Phi) is 5.07. The van der Waals surface area contributed by atoms with Crippen LogP contribution in [0.15, 0.2) is 42.5 Å². The van der Waals surface area contributed by atoms with Crippen molar-refractivity contribution >= 4 is 63.3 Å². The molecule has 0 amide bonds. The molecule has 2 atom stereocenters. The van der Waals surface area contributed by atoms with Crippen LogP contribution in [0.1, 0.15) is 18.1 Å². The molecule has 0 N–H and O–H groups in total. The number of thioether (sulfide) groups is 1. The molecule has 118 valence electrons. The monoisotopic (exact) mass is 382 g/mol. The summed E-state index contributed by atoms with van der Waals surface area (Å²) in [5.41, 5.74) is 3.08. The molecule has 0 aliphatic carbocycles. The molecule has 0 aromatic heterocycles. The van der Waals surface area contributed by atoms with Crippen molar-refractivity contribution in [3.63, 3.8) is 0 Å². The van der Waals surface area contributed by atoms with Crippen LogP contribution < -0.4 is 0 Å². The Morgan fingerprint density at radius 3 is 2.26 bits per heavy atom. The standard InChI is InChI=1S/C18H13Cl3OS/c1-10-16(9-22)23-18(14-7-6-13(20)8-15(14)21)17(10)11-2-4-12(19)5-3-11/h2-10,16H,1H3. The largest absolute Gasteiger partial charge is 0.302 e. The number of allylic oxidation sites excluding steroid dienone is 1. The Balaban J connectivity index is 2.18. The van der Waals surface area contributed by atoms with E-state index in [1.165, 1.54) is 0 Å². The summed E-state index contributed by atoms with van der Waals surface area (Å²) in [6.07, 6.45) is 1.00. The number of hydrogen-bond donors (Lipinski definition) is 0. The molecule has 2 aromatic rings. The van der Waals surface area contributed by atoms with Gasteiger partial charge in [-0.25, -0.2) is 0 Å². The van der Waals surface area contributed by atoms with Gasteiger partial charge in [0.15, 0.2) is 0 Å². The fraction of sp³-hybridized carbons (Fsp3) is 0.167. The third kappa shape index (κ3) is 3.32. The summed E-state index contributed by atoms with van der Waals surface area (Å²) < 4.78 is 0. The second-order valence-corrected chi connectivity index (χ2v) is 7.85. The van der Waals surface area contributed by atoms with Crippen LogP contribution in [0.5, 0.6) is 0 Å². The van der Waals surface area contributed by atoms with Gasteiger partial charge in [-0.1, -0.05) is 59.9 Å². The molecule has 0 radical (unpaired) electrons. The normalized spacial score (nSPS) is 20.9. The maximum Gasteiger partial charge on any atom is 0.133 e. The summed E-state index contributed by atoms with van der Waals surface area (Å²) >= 11 is 19.9. The first-order chi connectivity index (χ1) is 11.0. The number of carbonyl (C=O) groups is 1. The van der Waals surface area contributed by atoms with Gasteiger partial charge >= 0.3 is 0 Å². The minimum atomic E-state index is -0.123. The highest BCUT2D eigenvalue weighted by Crippen LogP contribution is 2.52. The van der Waals surface area contributed by atoms with Crippen molar-refractivity contribution in [3.8, 4) is 0 Å². The van der Waals surface area contributed by atoms with Gasteiger partial charge in [0.1, 0.15) is 6.29 Å². The molecule has 1 heterocycles. The molecule has 2 aromatic carbocycles. The first-order valence-electron chi connectivity index (χ1n) is 7.08. The maximum absolute atomic E-state index is 11.4. The van der Waals surface area contributed by atoms with Crippen molar-refractivity contribution in [1.82, 2.24) is 0 Å². The summed E-state index contributed by atoms with van der Waals surface area (Å²) in [5.74, 6) is 0.0976. The van der Waals surface area contributed by atoms with Crippen LogP contribution in [0, 0.1) is 5.92 Å². The molecule has 0 saturated carbocycles. The van der Waals surface area contributed by atoms with Crippen LogP contribution in [0.3, 0.4) is 0 Å². The Bertz CT molecular complexity index is 783. The predicted octanol–water partition coefficient (Wildman–Crippen LogP) is 6.47. The Morgan fingerprint density at radius 1 is 1.00 bits per heavy atom. The van der Waals surface area contributed by atoms with Gasteiger partial charge < -0.3 is 4.79 Å². The van der Waals surface area contributed by atoms with Crippen molar-refractivity contribution < 1.29 is 4.79 Å². The smallest absolute Gasteiger partial charge is 0.133 e. The molecule has 0 fully saturated rings. The molecule has 1 aliphatic heterocycles. The van der Waals surface area contributed by atoms with Crippen molar-refractivity contribution in [2.75, 3.05) is 0 Å². The zero-order chi connectivity index (χ0) is 16.6. The van der Waals surface area contributed by atoms with Gasteiger partial charge in [0.25, 0.3) is 0 Å². The van der Waals surface area contributed by atoms with E-state index in [2.05, 4.69) is 6.92 Å². The zero-order valence-electron chi connectivity index (χ0n) is 12.2. The third-order valence-electron chi connectivity index (χ3n) is 3.91. The predicted molar refractivity (Wildman–Crippen MR) is 101 cm³/mol. The van der Waals surface area contributed by atoms with Crippen LogP contribution in [-0.4, -0.2) is 11.5 Å². The molecular weight excluding hydrogens is 371 g/mol. The van der Waals surface area contributed by atoms with Gasteiger partial charge in [0.2, 0.25) is 0 Å². The number of rotatable bonds is 3. The summed E-state index contributed by atoms with van der Waals surface area (Å²) in [5, 5.41) is 1.74. The average Bonchev–Trinajstić information content (AvgIpc) is 2.85. The molecule has 0 spiro atoms. The van der Waals surface area contributed by atoms with Crippen LogP contribution in [-0.2, 0) is 4.79 Å². The second-order valence-electron chi connectivity index (χ2n) is 5.38. The zero-order valence-corrected chi connectivity index (χ0v) is 15.3. The molecule has 5 heteroatoms. The van der Waals surface area contributed by atoms with E-state index in [-0.39, 0.29) is 11.2 Å². The molecule has 0 bridgehead atoms. The SMILES string of the molecule is CC1C(c2ccc(Cl)cc2)=C(c2ccc(Cl)cc2Cl)SC1C=O. The highest BCUT2D eigenvalue weighted by atomic mass is 35.5. The fourth-order valence-corrected chi connectivity index (χ4v) is 4.81. The Morgan fingerprint density at radius 2 is 1.65 bits per heavy atom. The van der Waals surface area contributed by atoms with Crippen molar-refractivity contribution in [2.45, 2.75) is 12.2 Å². The highest BCUT2D eigenvalue weighted by molar-refractivity contribution is 8.10. The lowest BCUT2D eigenvalue weighted by molar-refractivity contribution is -0.107. The Hall–Kier alpha value is -0.930.